The van der Waals surface area contributed by atoms with Crippen molar-refractivity contribution >= 4 is 0 Å². The second kappa shape index (κ2) is 6.64. The van der Waals surface area contributed by atoms with Crippen LogP contribution in [0.15, 0.2) is 42.5 Å². The number of rotatable bonds is 5. The lowest BCUT2D eigenvalue weighted by Crippen LogP contribution is -2.18. The largest absolute Gasteiger partial charge is 0.392 e. The van der Waals surface area contributed by atoms with Gasteiger partial charge in [0.1, 0.15) is 5.82 Å². The molecular formula is C17H20FNO. The Morgan fingerprint density at radius 1 is 1.15 bits per heavy atom. The summed E-state index contributed by atoms with van der Waals surface area (Å²) in [7, 11) is 0. The van der Waals surface area contributed by atoms with E-state index in [1.54, 1.807) is 13.0 Å². The third-order valence-electron chi connectivity index (χ3n) is 3.47. The minimum absolute atomic E-state index is 0.0533. The SMILES string of the molecule is Cc1cc(CNC(C)c2cccc(CO)c2)ccc1F. The van der Waals surface area contributed by atoms with Crippen LogP contribution in [-0.4, -0.2) is 5.11 Å². The van der Waals surface area contributed by atoms with Crippen molar-refractivity contribution in [3.05, 3.63) is 70.5 Å². The lowest BCUT2D eigenvalue weighted by molar-refractivity contribution is 0.281. The van der Waals surface area contributed by atoms with E-state index < -0.39 is 0 Å². The van der Waals surface area contributed by atoms with Gasteiger partial charge < -0.3 is 10.4 Å². The smallest absolute Gasteiger partial charge is 0.126 e. The van der Waals surface area contributed by atoms with Crippen molar-refractivity contribution in [1.29, 1.82) is 0 Å². The quantitative estimate of drug-likeness (QED) is 0.874. The van der Waals surface area contributed by atoms with Crippen molar-refractivity contribution in [2.45, 2.75) is 33.0 Å². The Morgan fingerprint density at radius 2 is 1.95 bits per heavy atom. The Balaban J connectivity index is 2.00. The van der Waals surface area contributed by atoms with Gasteiger partial charge in [-0.05, 0) is 42.2 Å². The van der Waals surface area contributed by atoms with Crippen LogP contribution in [-0.2, 0) is 13.2 Å². The lowest BCUT2D eigenvalue weighted by atomic mass is 10.0. The third kappa shape index (κ3) is 3.65. The number of nitrogens with one attached hydrogen (secondary N) is 1. The first-order valence-electron chi connectivity index (χ1n) is 6.78. The number of aliphatic hydroxyl groups excluding tert-OH is 1. The highest BCUT2D eigenvalue weighted by molar-refractivity contribution is 5.26. The molecule has 2 rings (SSSR count). The highest BCUT2D eigenvalue weighted by atomic mass is 19.1. The molecule has 0 saturated carbocycles. The van der Waals surface area contributed by atoms with Crippen LogP contribution in [0.4, 0.5) is 4.39 Å². The molecule has 20 heavy (non-hydrogen) atoms. The normalized spacial score (nSPS) is 12.4. The van der Waals surface area contributed by atoms with Crippen molar-refractivity contribution in [2.24, 2.45) is 0 Å². The molecule has 0 saturated heterocycles. The van der Waals surface area contributed by atoms with Crippen molar-refractivity contribution in [3.63, 3.8) is 0 Å². The molecule has 0 aliphatic rings. The van der Waals surface area contributed by atoms with Crippen LogP contribution >= 0.6 is 0 Å². The van der Waals surface area contributed by atoms with Crippen molar-refractivity contribution in [3.8, 4) is 0 Å². The van der Waals surface area contributed by atoms with E-state index in [2.05, 4.69) is 12.2 Å². The Hall–Kier alpha value is -1.71. The molecule has 1 unspecified atom stereocenters. The summed E-state index contributed by atoms with van der Waals surface area (Å²) in [6.45, 7) is 4.59. The molecule has 0 aliphatic heterocycles. The van der Waals surface area contributed by atoms with Gasteiger partial charge in [0.25, 0.3) is 0 Å². The molecule has 2 N–H and O–H groups in total. The van der Waals surface area contributed by atoms with Gasteiger partial charge in [0.05, 0.1) is 6.61 Å². The average Bonchev–Trinajstić information content (AvgIpc) is 2.48. The molecule has 2 aromatic carbocycles. The molecule has 0 aromatic heterocycles. The molecule has 0 heterocycles. The third-order valence-corrected chi connectivity index (χ3v) is 3.47. The van der Waals surface area contributed by atoms with E-state index in [0.717, 1.165) is 16.7 Å². The molecule has 0 aliphatic carbocycles. The van der Waals surface area contributed by atoms with E-state index in [1.165, 1.54) is 6.07 Å². The molecule has 106 valence electrons. The summed E-state index contributed by atoms with van der Waals surface area (Å²) in [5.74, 6) is -0.169. The maximum Gasteiger partial charge on any atom is 0.126 e. The fourth-order valence-electron chi connectivity index (χ4n) is 2.17. The van der Waals surface area contributed by atoms with E-state index in [0.29, 0.717) is 12.1 Å². The summed E-state index contributed by atoms with van der Waals surface area (Å²) >= 11 is 0. The molecule has 2 aromatic rings. The van der Waals surface area contributed by atoms with Gasteiger partial charge in [0.2, 0.25) is 0 Å². The van der Waals surface area contributed by atoms with Gasteiger partial charge in [-0.3, -0.25) is 0 Å². The zero-order valence-electron chi connectivity index (χ0n) is 11.9. The van der Waals surface area contributed by atoms with Crippen LogP contribution in [0.5, 0.6) is 0 Å². The number of benzene rings is 2. The minimum atomic E-state index is -0.169. The molecule has 0 bridgehead atoms. The van der Waals surface area contributed by atoms with E-state index in [4.69, 9.17) is 5.11 Å². The molecule has 0 spiro atoms. The maximum atomic E-state index is 13.2. The zero-order valence-corrected chi connectivity index (χ0v) is 11.9. The van der Waals surface area contributed by atoms with Crippen LogP contribution in [0.1, 0.15) is 35.2 Å². The van der Waals surface area contributed by atoms with Gasteiger partial charge in [0, 0.05) is 12.6 Å². The van der Waals surface area contributed by atoms with Gasteiger partial charge in [-0.25, -0.2) is 4.39 Å². The highest BCUT2D eigenvalue weighted by Gasteiger charge is 2.06. The van der Waals surface area contributed by atoms with Crippen molar-refractivity contribution < 1.29 is 9.50 Å². The van der Waals surface area contributed by atoms with Crippen LogP contribution in [0.3, 0.4) is 0 Å². The fraction of sp³-hybridized carbons (Fsp3) is 0.294. The van der Waals surface area contributed by atoms with Crippen molar-refractivity contribution in [1.82, 2.24) is 5.32 Å². The van der Waals surface area contributed by atoms with E-state index in [1.807, 2.05) is 30.3 Å². The van der Waals surface area contributed by atoms with E-state index in [9.17, 15) is 4.39 Å². The molecule has 1 atom stereocenters. The molecule has 3 heteroatoms. The number of aliphatic hydroxyl groups is 1. The fourth-order valence-corrected chi connectivity index (χ4v) is 2.17. The molecular weight excluding hydrogens is 253 g/mol. The van der Waals surface area contributed by atoms with Gasteiger partial charge in [0.15, 0.2) is 0 Å². The summed E-state index contributed by atoms with van der Waals surface area (Å²) < 4.78 is 13.2. The van der Waals surface area contributed by atoms with E-state index >= 15 is 0 Å². The summed E-state index contributed by atoms with van der Waals surface area (Å²) in [5.41, 5.74) is 3.78. The molecule has 0 radical (unpaired) electrons. The van der Waals surface area contributed by atoms with Crippen LogP contribution in [0.2, 0.25) is 0 Å². The second-order valence-electron chi connectivity index (χ2n) is 5.09. The minimum Gasteiger partial charge on any atom is -0.392 e. The Kier molecular flexibility index (Phi) is 4.88. The van der Waals surface area contributed by atoms with Crippen molar-refractivity contribution in [2.75, 3.05) is 0 Å². The predicted octanol–water partition coefficient (Wildman–Crippen LogP) is 3.48. The van der Waals surface area contributed by atoms with E-state index in [-0.39, 0.29) is 18.5 Å². The summed E-state index contributed by atoms with van der Waals surface area (Å²) in [6, 6.07) is 13.2. The van der Waals surface area contributed by atoms with Gasteiger partial charge in [-0.15, -0.1) is 0 Å². The Morgan fingerprint density at radius 3 is 2.65 bits per heavy atom. The first-order valence-corrected chi connectivity index (χ1v) is 6.78. The Labute approximate surface area is 119 Å². The zero-order chi connectivity index (χ0) is 14.5. The first kappa shape index (κ1) is 14.7. The number of halogens is 1. The summed E-state index contributed by atoms with van der Waals surface area (Å²) in [5, 5.41) is 12.6. The molecule has 2 nitrogen and oxygen atoms in total. The predicted molar refractivity (Wildman–Crippen MR) is 78.8 cm³/mol. The molecule has 0 fully saturated rings. The van der Waals surface area contributed by atoms with Crippen LogP contribution < -0.4 is 5.32 Å². The van der Waals surface area contributed by atoms with Gasteiger partial charge in [-0.1, -0.05) is 36.4 Å². The maximum absolute atomic E-state index is 13.2. The van der Waals surface area contributed by atoms with Gasteiger partial charge in [-0.2, -0.15) is 0 Å². The highest BCUT2D eigenvalue weighted by Crippen LogP contribution is 2.16. The average molecular weight is 273 g/mol. The second-order valence-corrected chi connectivity index (χ2v) is 5.09. The standard InChI is InChI=1S/C17H20FNO/c1-12-8-14(6-7-17(12)18)10-19-13(2)16-5-3-4-15(9-16)11-20/h3-9,13,19-20H,10-11H2,1-2H3. The number of hydrogen-bond donors (Lipinski definition) is 2. The van der Waals surface area contributed by atoms with Crippen LogP contribution in [0.25, 0.3) is 0 Å². The molecule has 0 amide bonds. The monoisotopic (exact) mass is 273 g/mol. The number of aryl methyl sites for hydroxylation is 1. The van der Waals surface area contributed by atoms with Gasteiger partial charge >= 0.3 is 0 Å². The summed E-state index contributed by atoms with van der Waals surface area (Å²) in [6.07, 6.45) is 0. The first-order chi connectivity index (χ1) is 9.60. The summed E-state index contributed by atoms with van der Waals surface area (Å²) in [4.78, 5) is 0. The van der Waals surface area contributed by atoms with Crippen LogP contribution in [0, 0.1) is 12.7 Å². The topological polar surface area (TPSA) is 32.3 Å². The number of hydrogen-bond acceptors (Lipinski definition) is 2. The Bertz CT molecular complexity index is 583. The lowest BCUT2D eigenvalue weighted by Gasteiger charge is -2.15.